The van der Waals surface area contributed by atoms with E-state index in [0.29, 0.717) is 25.7 Å². The summed E-state index contributed by atoms with van der Waals surface area (Å²) in [5.74, 6) is 2.21. The van der Waals surface area contributed by atoms with E-state index in [2.05, 4.69) is 4.98 Å². The molecule has 0 amide bonds. The molecule has 1 fully saturated rings. The number of hydrogen-bond acceptors (Lipinski definition) is 7. The van der Waals surface area contributed by atoms with Crippen molar-refractivity contribution in [2.24, 2.45) is 0 Å². The molecule has 1 saturated heterocycles. The summed E-state index contributed by atoms with van der Waals surface area (Å²) in [6.45, 7) is 1.80. The Balaban J connectivity index is 1.72. The van der Waals surface area contributed by atoms with E-state index >= 15 is 0 Å². The maximum Gasteiger partial charge on any atom is 0.225 e. The predicted molar refractivity (Wildman–Crippen MR) is 115 cm³/mol. The monoisotopic (exact) mass is 407 g/mol. The van der Waals surface area contributed by atoms with E-state index in [1.165, 1.54) is 0 Å². The molecular weight excluding hydrogens is 382 g/mol. The van der Waals surface area contributed by atoms with Gasteiger partial charge in [0.2, 0.25) is 5.95 Å². The van der Waals surface area contributed by atoms with Crippen molar-refractivity contribution in [1.82, 2.24) is 9.97 Å². The largest absolute Gasteiger partial charge is 0.497 e. The van der Waals surface area contributed by atoms with Gasteiger partial charge in [0, 0.05) is 24.4 Å². The minimum Gasteiger partial charge on any atom is -0.497 e. The Bertz CT molecular complexity index is 971. The van der Waals surface area contributed by atoms with Crippen molar-refractivity contribution in [2.45, 2.75) is 6.29 Å². The molecule has 1 aliphatic rings. The van der Waals surface area contributed by atoms with Crippen LogP contribution >= 0.6 is 0 Å². The third kappa shape index (κ3) is 4.37. The van der Waals surface area contributed by atoms with Crippen LogP contribution in [0.15, 0.2) is 54.7 Å². The lowest BCUT2D eigenvalue weighted by Gasteiger charge is -2.21. The van der Waals surface area contributed by atoms with E-state index in [4.69, 9.17) is 23.9 Å². The van der Waals surface area contributed by atoms with Crippen LogP contribution in [0.1, 0.15) is 0 Å². The second kappa shape index (κ2) is 9.11. The predicted octanol–water partition coefficient (Wildman–Crippen LogP) is 3.64. The molecule has 3 aromatic rings. The molecule has 0 unspecified atom stereocenters. The molecule has 2 aromatic carbocycles. The van der Waals surface area contributed by atoms with Gasteiger partial charge < -0.3 is 23.8 Å². The summed E-state index contributed by atoms with van der Waals surface area (Å²) in [5.41, 5.74) is 3.77. The number of ether oxygens (including phenoxy) is 4. The summed E-state index contributed by atoms with van der Waals surface area (Å²) in [7, 11) is 5.25. The number of methoxy groups -OCH3 is 2. The van der Waals surface area contributed by atoms with E-state index in [1.54, 1.807) is 14.2 Å². The topological polar surface area (TPSA) is 65.9 Å². The van der Waals surface area contributed by atoms with Crippen molar-refractivity contribution in [3.05, 3.63) is 54.7 Å². The van der Waals surface area contributed by atoms with E-state index in [0.717, 1.165) is 33.9 Å². The molecule has 0 N–H and O–H groups in total. The van der Waals surface area contributed by atoms with Crippen LogP contribution in [0, 0.1) is 0 Å². The Kier molecular flexibility index (Phi) is 6.11. The van der Waals surface area contributed by atoms with Crippen LogP contribution in [0.3, 0.4) is 0 Å². The zero-order valence-corrected chi connectivity index (χ0v) is 17.4. The van der Waals surface area contributed by atoms with Crippen LogP contribution in [-0.2, 0) is 9.47 Å². The molecule has 0 saturated carbocycles. The number of likely N-dealkylation sites (N-methyl/N-ethyl adjacent to an activating group) is 1. The summed E-state index contributed by atoms with van der Waals surface area (Å²) in [6, 6.07) is 15.7. The molecule has 30 heavy (non-hydrogen) atoms. The van der Waals surface area contributed by atoms with Gasteiger partial charge in [-0.1, -0.05) is 12.1 Å². The molecular formula is C23H25N3O4. The van der Waals surface area contributed by atoms with Gasteiger partial charge in [-0.15, -0.1) is 0 Å². The van der Waals surface area contributed by atoms with Crippen molar-refractivity contribution in [3.63, 3.8) is 0 Å². The number of rotatable bonds is 7. The Morgan fingerprint density at radius 3 is 2.03 bits per heavy atom. The summed E-state index contributed by atoms with van der Waals surface area (Å²) in [6.07, 6.45) is 1.60. The highest BCUT2D eigenvalue weighted by Crippen LogP contribution is 2.33. The lowest BCUT2D eigenvalue weighted by Crippen LogP contribution is -2.31. The van der Waals surface area contributed by atoms with E-state index in [9.17, 15) is 0 Å². The average molecular weight is 407 g/mol. The third-order valence-corrected chi connectivity index (χ3v) is 5.00. The maximum absolute atomic E-state index is 5.56. The molecule has 7 heteroatoms. The average Bonchev–Trinajstić information content (AvgIpc) is 3.32. The molecule has 0 spiro atoms. The van der Waals surface area contributed by atoms with Crippen LogP contribution < -0.4 is 14.4 Å². The van der Waals surface area contributed by atoms with Gasteiger partial charge in [0.15, 0.2) is 6.29 Å². The molecule has 156 valence electrons. The molecule has 0 atom stereocenters. The van der Waals surface area contributed by atoms with Gasteiger partial charge >= 0.3 is 0 Å². The minimum absolute atomic E-state index is 0.260. The first kappa shape index (κ1) is 20.1. The fraction of sp³-hybridized carbons (Fsp3) is 0.304. The molecule has 0 radical (unpaired) electrons. The van der Waals surface area contributed by atoms with Crippen LogP contribution in [0.5, 0.6) is 11.5 Å². The molecule has 1 aromatic heterocycles. The Morgan fingerprint density at radius 2 is 1.47 bits per heavy atom. The number of anilines is 1. The van der Waals surface area contributed by atoms with Gasteiger partial charge in [0.05, 0.1) is 39.7 Å². The van der Waals surface area contributed by atoms with Gasteiger partial charge in [0.1, 0.15) is 11.5 Å². The molecule has 2 heterocycles. The first-order chi connectivity index (χ1) is 14.7. The SMILES string of the molecule is COc1ccc(-c2cnc(N(C)CC3OCCO3)nc2-c2ccc(OC)cc2)cc1. The molecule has 1 aliphatic heterocycles. The summed E-state index contributed by atoms with van der Waals surface area (Å²) in [4.78, 5) is 11.4. The zero-order chi connectivity index (χ0) is 20.9. The third-order valence-electron chi connectivity index (χ3n) is 5.00. The van der Waals surface area contributed by atoms with Gasteiger partial charge in [-0.3, -0.25) is 0 Å². The van der Waals surface area contributed by atoms with E-state index in [-0.39, 0.29) is 6.29 Å². The van der Waals surface area contributed by atoms with Gasteiger partial charge in [-0.2, -0.15) is 0 Å². The van der Waals surface area contributed by atoms with Gasteiger partial charge in [0.25, 0.3) is 0 Å². The molecule has 4 rings (SSSR count). The Hall–Kier alpha value is -3.16. The van der Waals surface area contributed by atoms with Crippen LogP contribution in [0.2, 0.25) is 0 Å². The van der Waals surface area contributed by atoms with Crippen LogP contribution in [-0.4, -0.2) is 57.3 Å². The fourth-order valence-electron chi connectivity index (χ4n) is 3.33. The molecule has 0 aliphatic carbocycles. The van der Waals surface area contributed by atoms with Crippen molar-refractivity contribution in [2.75, 3.05) is 45.9 Å². The quantitative estimate of drug-likeness (QED) is 0.592. The van der Waals surface area contributed by atoms with Crippen molar-refractivity contribution in [3.8, 4) is 33.9 Å². The molecule has 7 nitrogen and oxygen atoms in total. The first-order valence-electron chi connectivity index (χ1n) is 9.78. The summed E-state index contributed by atoms with van der Waals surface area (Å²) < 4.78 is 21.7. The van der Waals surface area contributed by atoms with E-state index < -0.39 is 0 Å². The number of benzene rings is 2. The van der Waals surface area contributed by atoms with Crippen molar-refractivity contribution in [1.29, 1.82) is 0 Å². The smallest absolute Gasteiger partial charge is 0.225 e. The van der Waals surface area contributed by atoms with Crippen LogP contribution in [0.4, 0.5) is 5.95 Å². The van der Waals surface area contributed by atoms with Crippen molar-refractivity contribution < 1.29 is 18.9 Å². The van der Waals surface area contributed by atoms with Crippen LogP contribution in [0.25, 0.3) is 22.4 Å². The standard InChI is InChI=1S/C23H25N3O4/c1-26(15-21-29-12-13-30-21)23-24-14-20(16-4-8-18(27-2)9-5-16)22(25-23)17-6-10-19(28-3)11-7-17/h4-11,14,21H,12-13,15H2,1-3H3. The molecule has 0 bridgehead atoms. The fourth-order valence-corrected chi connectivity index (χ4v) is 3.33. The summed E-state index contributed by atoms with van der Waals surface area (Å²) >= 11 is 0. The second-order valence-corrected chi connectivity index (χ2v) is 6.94. The minimum atomic E-state index is -0.260. The zero-order valence-electron chi connectivity index (χ0n) is 17.4. The number of nitrogens with zero attached hydrogens (tertiary/aromatic N) is 3. The Morgan fingerprint density at radius 1 is 0.900 bits per heavy atom. The Labute approximate surface area is 176 Å². The van der Waals surface area contributed by atoms with Crippen molar-refractivity contribution >= 4 is 5.95 Å². The maximum atomic E-state index is 5.56. The highest BCUT2D eigenvalue weighted by Gasteiger charge is 2.20. The normalized spacial score (nSPS) is 14.0. The number of aromatic nitrogens is 2. The van der Waals surface area contributed by atoms with Gasteiger partial charge in [-0.05, 0) is 42.0 Å². The highest BCUT2D eigenvalue weighted by molar-refractivity contribution is 5.81. The lowest BCUT2D eigenvalue weighted by molar-refractivity contribution is -0.0338. The second-order valence-electron chi connectivity index (χ2n) is 6.94. The number of hydrogen-bond donors (Lipinski definition) is 0. The highest BCUT2D eigenvalue weighted by atomic mass is 16.7. The van der Waals surface area contributed by atoms with E-state index in [1.807, 2.05) is 66.7 Å². The van der Waals surface area contributed by atoms with Gasteiger partial charge in [-0.25, -0.2) is 9.97 Å². The first-order valence-corrected chi connectivity index (χ1v) is 9.78. The lowest BCUT2D eigenvalue weighted by atomic mass is 10.0. The summed E-state index contributed by atoms with van der Waals surface area (Å²) in [5, 5.41) is 0.